The standard InChI is InChI=1S/C9H17N3OS/c1-7-8(6-10-2)9(12(3)11-7)14-5-4-13/h10,13H,4-6H2,1-3H3. The van der Waals surface area contributed by atoms with Gasteiger partial charge in [0.05, 0.1) is 17.3 Å². The quantitative estimate of drug-likeness (QED) is 0.704. The molecule has 0 aliphatic rings. The summed E-state index contributed by atoms with van der Waals surface area (Å²) in [5.41, 5.74) is 2.29. The second-order valence-corrected chi connectivity index (χ2v) is 4.18. The lowest BCUT2D eigenvalue weighted by Crippen LogP contribution is -2.07. The summed E-state index contributed by atoms with van der Waals surface area (Å²) in [4.78, 5) is 0. The van der Waals surface area contributed by atoms with Crippen molar-refractivity contribution in [1.82, 2.24) is 15.1 Å². The summed E-state index contributed by atoms with van der Waals surface area (Å²) in [6.07, 6.45) is 0. The normalized spacial score (nSPS) is 10.9. The summed E-state index contributed by atoms with van der Waals surface area (Å²) in [6.45, 7) is 3.04. The second-order valence-electron chi connectivity index (χ2n) is 3.10. The Morgan fingerprint density at radius 3 is 2.86 bits per heavy atom. The minimum atomic E-state index is 0.202. The van der Waals surface area contributed by atoms with Crippen molar-refractivity contribution in [3.63, 3.8) is 0 Å². The van der Waals surface area contributed by atoms with Crippen LogP contribution in [0.15, 0.2) is 5.03 Å². The SMILES string of the molecule is CNCc1c(C)nn(C)c1SCCO. The Morgan fingerprint density at radius 2 is 2.29 bits per heavy atom. The molecular weight excluding hydrogens is 198 g/mol. The predicted octanol–water partition coefficient (Wildman–Crippen LogP) is 0.532. The van der Waals surface area contributed by atoms with Crippen LogP contribution in [0.25, 0.3) is 0 Å². The maximum absolute atomic E-state index is 8.78. The van der Waals surface area contributed by atoms with E-state index in [1.165, 1.54) is 5.56 Å². The monoisotopic (exact) mass is 215 g/mol. The largest absolute Gasteiger partial charge is 0.396 e. The van der Waals surface area contributed by atoms with Gasteiger partial charge in [-0.3, -0.25) is 4.68 Å². The fraction of sp³-hybridized carbons (Fsp3) is 0.667. The van der Waals surface area contributed by atoms with Gasteiger partial charge in [-0.1, -0.05) is 0 Å². The summed E-state index contributed by atoms with van der Waals surface area (Å²) in [6, 6.07) is 0. The van der Waals surface area contributed by atoms with Gasteiger partial charge in [0.15, 0.2) is 0 Å². The van der Waals surface area contributed by atoms with E-state index < -0.39 is 0 Å². The molecule has 0 unspecified atom stereocenters. The average Bonchev–Trinajstić information content (AvgIpc) is 2.40. The Bertz CT molecular complexity index is 298. The van der Waals surface area contributed by atoms with Crippen LogP contribution < -0.4 is 5.32 Å². The molecule has 0 fully saturated rings. The van der Waals surface area contributed by atoms with E-state index in [1.807, 2.05) is 25.7 Å². The molecule has 1 aromatic heterocycles. The zero-order valence-corrected chi connectivity index (χ0v) is 9.69. The molecule has 0 bridgehead atoms. The summed E-state index contributed by atoms with van der Waals surface area (Å²) in [7, 11) is 3.86. The highest BCUT2D eigenvalue weighted by Crippen LogP contribution is 2.24. The van der Waals surface area contributed by atoms with E-state index in [-0.39, 0.29) is 6.61 Å². The Balaban J connectivity index is 2.86. The van der Waals surface area contributed by atoms with Crippen LogP contribution in [0.3, 0.4) is 0 Å². The zero-order chi connectivity index (χ0) is 10.6. The van der Waals surface area contributed by atoms with Crippen molar-refractivity contribution in [3.05, 3.63) is 11.3 Å². The highest BCUT2D eigenvalue weighted by atomic mass is 32.2. The van der Waals surface area contributed by atoms with Crippen LogP contribution in [-0.4, -0.2) is 34.3 Å². The maximum Gasteiger partial charge on any atom is 0.0985 e. The minimum Gasteiger partial charge on any atom is -0.396 e. The van der Waals surface area contributed by atoms with Crippen molar-refractivity contribution in [2.45, 2.75) is 18.5 Å². The molecule has 0 spiro atoms. The lowest BCUT2D eigenvalue weighted by Gasteiger charge is -2.04. The molecule has 0 radical (unpaired) electrons. The second kappa shape index (κ2) is 5.38. The molecule has 14 heavy (non-hydrogen) atoms. The molecule has 0 amide bonds. The third-order valence-corrected chi connectivity index (χ3v) is 3.14. The summed E-state index contributed by atoms with van der Waals surface area (Å²) < 4.78 is 1.88. The van der Waals surface area contributed by atoms with Crippen molar-refractivity contribution < 1.29 is 5.11 Å². The van der Waals surface area contributed by atoms with Crippen LogP contribution in [0.4, 0.5) is 0 Å². The Kier molecular flexibility index (Phi) is 4.44. The third-order valence-electron chi connectivity index (χ3n) is 1.97. The third kappa shape index (κ3) is 2.50. The Labute approximate surface area is 88.7 Å². The molecule has 5 heteroatoms. The lowest BCUT2D eigenvalue weighted by molar-refractivity contribution is 0.322. The van der Waals surface area contributed by atoms with Crippen molar-refractivity contribution in [2.24, 2.45) is 7.05 Å². The van der Waals surface area contributed by atoms with E-state index in [9.17, 15) is 0 Å². The number of nitrogens with one attached hydrogen (secondary N) is 1. The maximum atomic E-state index is 8.78. The number of hydrogen-bond donors (Lipinski definition) is 2. The molecule has 1 rings (SSSR count). The van der Waals surface area contributed by atoms with Gasteiger partial charge in [-0.05, 0) is 14.0 Å². The van der Waals surface area contributed by atoms with Gasteiger partial charge in [0, 0.05) is 24.9 Å². The van der Waals surface area contributed by atoms with Gasteiger partial charge in [0.2, 0.25) is 0 Å². The fourth-order valence-electron chi connectivity index (χ4n) is 1.38. The summed E-state index contributed by atoms with van der Waals surface area (Å²) >= 11 is 1.64. The molecule has 0 atom stereocenters. The van der Waals surface area contributed by atoms with Crippen molar-refractivity contribution in [3.8, 4) is 0 Å². The van der Waals surface area contributed by atoms with Gasteiger partial charge in [0.1, 0.15) is 0 Å². The molecule has 1 aromatic rings. The molecule has 0 saturated carbocycles. The number of aromatic nitrogens is 2. The van der Waals surface area contributed by atoms with Crippen molar-refractivity contribution >= 4 is 11.8 Å². The molecule has 2 N–H and O–H groups in total. The van der Waals surface area contributed by atoms with Crippen LogP contribution in [0.5, 0.6) is 0 Å². The molecule has 1 heterocycles. The van der Waals surface area contributed by atoms with Gasteiger partial charge in [-0.25, -0.2) is 0 Å². The van der Waals surface area contributed by atoms with Crippen LogP contribution in [0.2, 0.25) is 0 Å². The van der Waals surface area contributed by atoms with Gasteiger partial charge in [-0.2, -0.15) is 5.10 Å². The number of aryl methyl sites for hydroxylation is 2. The molecule has 80 valence electrons. The first-order valence-electron chi connectivity index (χ1n) is 4.61. The number of hydrogen-bond acceptors (Lipinski definition) is 4. The fourth-order valence-corrected chi connectivity index (χ4v) is 2.29. The average molecular weight is 215 g/mol. The van der Waals surface area contributed by atoms with Crippen LogP contribution in [0.1, 0.15) is 11.3 Å². The highest BCUT2D eigenvalue weighted by molar-refractivity contribution is 7.99. The number of rotatable bonds is 5. The molecule has 0 aliphatic heterocycles. The van der Waals surface area contributed by atoms with Crippen LogP contribution in [-0.2, 0) is 13.6 Å². The van der Waals surface area contributed by atoms with Crippen molar-refractivity contribution in [2.75, 3.05) is 19.4 Å². The first kappa shape index (κ1) is 11.6. The molecule has 0 aromatic carbocycles. The number of thioether (sulfide) groups is 1. The van der Waals surface area contributed by atoms with Gasteiger partial charge < -0.3 is 10.4 Å². The van der Waals surface area contributed by atoms with E-state index in [0.717, 1.165) is 23.0 Å². The minimum absolute atomic E-state index is 0.202. The van der Waals surface area contributed by atoms with E-state index in [1.54, 1.807) is 11.8 Å². The smallest absolute Gasteiger partial charge is 0.0985 e. The Hall–Kier alpha value is -0.520. The molecule has 4 nitrogen and oxygen atoms in total. The summed E-state index contributed by atoms with van der Waals surface area (Å²) in [5.74, 6) is 0.718. The summed E-state index contributed by atoms with van der Waals surface area (Å²) in [5, 5.41) is 17.4. The number of aliphatic hydroxyl groups is 1. The van der Waals surface area contributed by atoms with Crippen LogP contribution in [0, 0.1) is 6.92 Å². The Morgan fingerprint density at radius 1 is 1.57 bits per heavy atom. The van der Waals surface area contributed by atoms with E-state index in [2.05, 4.69) is 10.4 Å². The van der Waals surface area contributed by atoms with Gasteiger partial charge >= 0.3 is 0 Å². The lowest BCUT2D eigenvalue weighted by atomic mass is 10.3. The zero-order valence-electron chi connectivity index (χ0n) is 8.87. The van der Waals surface area contributed by atoms with Gasteiger partial charge in [-0.15, -0.1) is 11.8 Å². The number of nitrogens with zero attached hydrogens (tertiary/aromatic N) is 2. The molecular formula is C9H17N3OS. The van der Waals surface area contributed by atoms with E-state index in [4.69, 9.17) is 5.11 Å². The molecule has 0 saturated heterocycles. The number of aliphatic hydroxyl groups excluding tert-OH is 1. The first-order chi connectivity index (χ1) is 6.70. The van der Waals surface area contributed by atoms with Crippen LogP contribution >= 0.6 is 11.8 Å². The molecule has 0 aliphatic carbocycles. The van der Waals surface area contributed by atoms with Gasteiger partial charge in [0.25, 0.3) is 0 Å². The topological polar surface area (TPSA) is 50.1 Å². The first-order valence-corrected chi connectivity index (χ1v) is 5.60. The van der Waals surface area contributed by atoms with E-state index >= 15 is 0 Å². The highest BCUT2D eigenvalue weighted by Gasteiger charge is 2.12. The predicted molar refractivity (Wildman–Crippen MR) is 58.5 cm³/mol. The van der Waals surface area contributed by atoms with Crippen molar-refractivity contribution in [1.29, 1.82) is 0 Å². The van der Waals surface area contributed by atoms with E-state index in [0.29, 0.717) is 0 Å².